The van der Waals surface area contributed by atoms with Gasteiger partial charge in [0.1, 0.15) is 0 Å². The van der Waals surface area contributed by atoms with Crippen molar-refractivity contribution in [3.05, 3.63) is 35.4 Å². The number of halogens is 1. The first-order chi connectivity index (χ1) is 13.4. The molecule has 9 heteroatoms. The number of nitrogens with zero attached hydrogens (tertiary/aromatic N) is 1. The van der Waals surface area contributed by atoms with Gasteiger partial charge in [0.15, 0.2) is 5.96 Å². The lowest BCUT2D eigenvalue weighted by atomic mass is 9.89. The minimum atomic E-state index is -3.17. The van der Waals surface area contributed by atoms with Crippen LogP contribution in [0.15, 0.2) is 29.3 Å². The fourth-order valence-corrected chi connectivity index (χ4v) is 3.81. The van der Waals surface area contributed by atoms with Crippen LogP contribution in [-0.2, 0) is 14.8 Å². The molecular formula is C20H35IN4O3S. The first-order valence-corrected chi connectivity index (χ1v) is 11.8. The highest BCUT2D eigenvalue weighted by Crippen LogP contribution is 2.33. The lowest BCUT2D eigenvalue weighted by molar-refractivity contribution is -0.0250. The van der Waals surface area contributed by atoms with Crippen LogP contribution in [0.3, 0.4) is 0 Å². The van der Waals surface area contributed by atoms with Crippen molar-refractivity contribution in [2.45, 2.75) is 39.7 Å². The van der Waals surface area contributed by atoms with Gasteiger partial charge in [-0.05, 0) is 39.2 Å². The lowest BCUT2D eigenvalue weighted by Crippen LogP contribution is -2.42. The van der Waals surface area contributed by atoms with Gasteiger partial charge in [0.2, 0.25) is 10.0 Å². The Balaban J connectivity index is 0.00000420. The van der Waals surface area contributed by atoms with Crippen LogP contribution in [0.5, 0.6) is 0 Å². The zero-order valence-corrected chi connectivity index (χ0v) is 20.8. The van der Waals surface area contributed by atoms with Crippen molar-refractivity contribution in [3.63, 3.8) is 0 Å². The molecule has 2 atom stereocenters. The molecule has 1 saturated heterocycles. The topological polar surface area (TPSA) is 91.8 Å². The second-order valence-corrected chi connectivity index (χ2v) is 9.14. The van der Waals surface area contributed by atoms with E-state index in [-0.39, 0.29) is 35.8 Å². The summed E-state index contributed by atoms with van der Waals surface area (Å²) in [6.07, 6.45) is 2.20. The molecule has 29 heavy (non-hydrogen) atoms. The summed E-state index contributed by atoms with van der Waals surface area (Å²) >= 11 is 0. The van der Waals surface area contributed by atoms with Crippen LogP contribution in [0, 0.1) is 12.8 Å². The van der Waals surface area contributed by atoms with Crippen LogP contribution in [0.1, 0.15) is 43.9 Å². The number of benzene rings is 1. The van der Waals surface area contributed by atoms with Crippen molar-refractivity contribution in [1.82, 2.24) is 15.4 Å². The number of aliphatic imine (C=N–C) groups is 1. The monoisotopic (exact) mass is 538 g/mol. The Hall–Kier alpha value is -0.910. The number of ether oxygens (including phenoxy) is 1. The molecule has 1 heterocycles. The summed E-state index contributed by atoms with van der Waals surface area (Å²) in [6, 6.07) is 8.53. The summed E-state index contributed by atoms with van der Waals surface area (Å²) in [7, 11) is -3.17. The fraction of sp³-hybridized carbons (Fsp3) is 0.650. The molecule has 1 aliphatic rings. The van der Waals surface area contributed by atoms with Gasteiger partial charge in [0.05, 0.1) is 11.9 Å². The molecule has 0 bridgehead atoms. The molecule has 3 N–H and O–H groups in total. The second-order valence-electron chi connectivity index (χ2n) is 7.05. The largest absolute Gasteiger partial charge is 0.373 e. The number of nitrogens with one attached hydrogen (secondary N) is 3. The first-order valence-electron chi connectivity index (χ1n) is 10.1. The second kappa shape index (κ2) is 13.4. The van der Waals surface area contributed by atoms with Gasteiger partial charge in [0, 0.05) is 38.7 Å². The van der Waals surface area contributed by atoms with Gasteiger partial charge >= 0.3 is 0 Å². The van der Waals surface area contributed by atoms with E-state index in [4.69, 9.17) is 9.73 Å². The molecule has 0 saturated carbocycles. The average Bonchev–Trinajstić information content (AvgIpc) is 2.70. The Kier molecular flexibility index (Phi) is 12.1. The SMILES string of the molecule is CCNC(=NCC1CCCOC1c1ccc(C)cc1)NCCNS(=O)(=O)CC.I. The summed E-state index contributed by atoms with van der Waals surface area (Å²) < 4.78 is 31.6. The van der Waals surface area contributed by atoms with Gasteiger partial charge in [-0.2, -0.15) is 0 Å². The van der Waals surface area contributed by atoms with Crippen LogP contribution in [-0.4, -0.2) is 52.9 Å². The highest BCUT2D eigenvalue weighted by atomic mass is 127. The molecule has 0 radical (unpaired) electrons. The number of hydrogen-bond donors (Lipinski definition) is 3. The highest BCUT2D eigenvalue weighted by Gasteiger charge is 2.27. The van der Waals surface area contributed by atoms with E-state index < -0.39 is 10.0 Å². The van der Waals surface area contributed by atoms with Gasteiger partial charge in [0.25, 0.3) is 0 Å². The summed E-state index contributed by atoms with van der Waals surface area (Å²) in [5.41, 5.74) is 2.45. The molecule has 1 aromatic rings. The Labute approximate surface area is 192 Å². The maximum absolute atomic E-state index is 11.5. The van der Waals surface area contributed by atoms with Crippen molar-refractivity contribution in [2.75, 3.05) is 38.5 Å². The third-order valence-corrected chi connectivity index (χ3v) is 6.20. The molecule has 2 rings (SSSR count). The number of guanidine groups is 1. The van der Waals surface area contributed by atoms with E-state index in [0.29, 0.717) is 31.5 Å². The Morgan fingerprint density at radius 3 is 2.55 bits per heavy atom. The lowest BCUT2D eigenvalue weighted by Gasteiger charge is -2.31. The molecule has 0 aliphatic carbocycles. The maximum atomic E-state index is 11.5. The van der Waals surface area contributed by atoms with E-state index in [0.717, 1.165) is 26.0 Å². The van der Waals surface area contributed by atoms with Crippen molar-refractivity contribution in [2.24, 2.45) is 10.9 Å². The molecule has 166 valence electrons. The Morgan fingerprint density at radius 2 is 1.90 bits per heavy atom. The molecular weight excluding hydrogens is 503 g/mol. The smallest absolute Gasteiger partial charge is 0.211 e. The summed E-state index contributed by atoms with van der Waals surface area (Å²) in [5, 5.41) is 6.41. The van der Waals surface area contributed by atoms with Crippen LogP contribution in [0.2, 0.25) is 0 Å². The molecule has 1 aliphatic heterocycles. The number of sulfonamides is 1. The van der Waals surface area contributed by atoms with Crippen LogP contribution in [0.4, 0.5) is 0 Å². The molecule has 7 nitrogen and oxygen atoms in total. The van der Waals surface area contributed by atoms with Crippen molar-refractivity contribution in [1.29, 1.82) is 0 Å². The molecule has 1 fully saturated rings. The Morgan fingerprint density at radius 1 is 1.17 bits per heavy atom. The zero-order valence-electron chi connectivity index (χ0n) is 17.6. The summed E-state index contributed by atoms with van der Waals surface area (Å²) in [4.78, 5) is 4.72. The fourth-order valence-electron chi connectivity index (χ4n) is 3.19. The van der Waals surface area contributed by atoms with Gasteiger partial charge in [-0.3, -0.25) is 4.99 Å². The number of aryl methyl sites for hydroxylation is 1. The van der Waals surface area contributed by atoms with E-state index in [1.165, 1.54) is 11.1 Å². The summed E-state index contributed by atoms with van der Waals surface area (Å²) in [5.74, 6) is 1.11. The van der Waals surface area contributed by atoms with Crippen LogP contribution < -0.4 is 15.4 Å². The van der Waals surface area contributed by atoms with Crippen LogP contribution in [0.25, 0.3) is 0 Å². The highest BCUT2D eigenvalue weighted by molar-refractivity contribution is 14.0. The quantitative estimate of drug-likeness (QED) is 0.195. The molecule has 1 aromatic carbocycles. The minimum absolute atomic E-state index is 0. The van der Waals surface area contributed by atoms with E-state index in [1.54, 1.807) is 6.92 Å². The van der Waals surface area contributed by atoms with Gasteiger partial charge < -0.3 is 15.4 Å². The molecule has 2 unspecified atom stereocenters. The van der Waals surface area contributed by atoms with Crippen LogP contribution >= 0.6 is 24.0 Å². The molecule has 0 aromatic heterocycles. The van der Waals surface area contributed by atoms with E-state index in [2.05, 4.69) is 46.5 Å². The minimum Gasteiger partial charge on any atom is -0.373 e. The molecule has 0 spiro atoms. The number of hydrogen-bond acceptors (Lipinski definition) is 4. The standard InChI is InChI=1S/C20H34N4O3S.HI/c1-4-21-20(22-12-13-24-28(25,26)5-2)23-15-18-7-6-14-27-19(18)17-10-8-16(3)9-11-17;/h8-11,18-19,24H,4-7,12-15H2,1-3H3,(H2,21,22,23);1H. The third kappa shape index (κ3) is 9.18. The first kappa shape index (κ1) is 26.1. The van der Waals surface area contributed by atoms with Gasteiger partial charge in [-0.1, -0.05) is 29.8 Å². The Bertz CT molecular complexity index is 726. The van der Waals surface area contributed by atoms with Crippen molar-refractivity contribution < 1.29 is 13.2 Å². The molecule has 0 amide bonds. The van der Waals surface area contributed by atoms with E-state index >= 15 is 0 Å². The van der Waals surface area contributed by atoms with E-state index in [1.807, 2.05) is 6.92 Å². The third-order valence-electron chi connectivity index (χ3n) is 4.80. The van der Waals surface area contributed by atoms with Gasteiger partial charge in [-0.15, -0.1) is 24.0 Å². The zero-order chi connectivity index (χ0) is 20.4. The average molecular weight is 538 g/mol. The van der Waals surface area contributed by atoms with Crippen molar-refractivity contribution >= 4 is 40.0 Å². The normalized spacial score (nSPS) is 20.0. The predicted molar refractivity (Wildman–Crippen MR) is 129 cm³/mol. The van der Waals surface area contributed by atoms with Gasteiger partial charge in [-0.25, -0.2) is 13.1 Å². The predicted octanol–water partition coefficient (Wildman–Crippen LogP) is 2.58. The number of rotatable bonds is 9. The van der Waals surface area contributed by atoms with E-state index in [9.17, 15) is 8.42 Å². The summed E-state index contributed by atoms with van der Waals surface area (Å²) in [6.45, 7) is 8.72. The maximum Gasteiger partial charge on any atom is 0.211 e. The van der Waals surface area contributed by atoms with Crippen molar-refractivity contribution in [3.8, 4) is 0 Å².